The van der Waals surface area contributed by atoms with E-state index in [1.54, 1.807) is 24.8 Å². The number of hydrogen-bond acceptors (Lipinski definition) is 3. The van der Waals surface area contributed by atoms with Gasteiger partial charge in [0.2, 0.25) is 0 Å². The number of pyridine rings is 2. The number of nitrogens with zero attached hydrogens (tertiary/aromatic N) is 2. The van der Waals surface area contributed by atoms with E-state index in [2.05, 4.69) is 9.97 Å². The van der Waals surface area contributed by atoms with Gasteiger partial charge in [-0.1, -0.05) is 36.4 Å². The molecular weight excluding hydrogens is 308 g/mol. The zero-order valence-corrected chi connectivity index (χ0v) is 13.7. The maximum Gasteiger partial charge on any atom is 0.127 e. The molecule has 0 aliphatic carbocycles. The molecule has 122 valence electrons. The summed E-state index contributed by atoms with van der Waals surface area (Å²) in [6.45, 7) is 0. The second-order valence-electron chi connectivity index (χ2n) is 5.20. The molecule has 0 aliphatic heterocycles. The first kappa shape index (κ1) is 16.4. The highest BCUT2D eigenvalue weighted by Gasteiger charge is 1.93. The molecule has 0 saturated heterocycles. The van der Waals surface area contributed by atoms with Gasteiger partial charge in [-0.05, 0) is 59.7 Å². The van der Waals surface area contributed by atoms with Crippen LogP contribution in [0, 0.1) is 0 Å². The van der Waals surface area contributed by atoms with Crippen LogP contribution in [0.2, 0.25) is 0 Å². The molecule has 0 N–H and O–H groups in total. The molecular formula is C22H18N2O. The van der Waals surface area contributed by atoms with E-state index in [9.17, 15) is 0 Å². The van der Waals surface area contributed by atoms with Crippen LogP contribution < -0.4 is 4.74 Å². The monoisotopic (exact) mass is 326 g/mol. The summed E-state index contributed by atoms with van der Waals surface area (Å²) in [5.41, 5.74) is 2.35. The van der Waals surface area contributed by atoms with Crippen LogP contribution in [0.3, 0.4) is 0 Å². The van der Waals surface area contributed by atoms with Crippen LogP contribution in [0.25, 0.3) is 11.1 Å². The highest BCUT2D eigenvalue weighted by molar-refractivity contribution is 5.61. The molecule has 2 aromatic heterocycles. The maximum absolute atomic E-state index is 5.58. The zero-order chi connectivity index (χ0) is 17.2. The van der Waals surface area contributed by atoms with Crippen LogP contribution in [0.4, 0.5) is 0 Å². The molecule has 4 aromatic rings. The van der Waals surface area contributed by atoms with Gasteiger partial charge in [-0.3, -0.25) is 9.97 Å². The molecule has 0 unspecified atom stereocenters. The lowest BCUT2D eigenvalue weighted by Crippen LogP contribution is -1.81. The van der Waals surface area contributed by atoms with Crippen molar-refractivity contribution in [3.8, 4) is 22.6 Å². The third-order valence-corrected chi connectivity index (χ3v) is 3.42. The summed E-state index contributed by atoms with van der Waals surface area (Å²) in [5, 5.41) is 0. The number of rotatable bonds is 3. The molecule has 0 saturated carbocycles. The zero-order valence-electron chi connectivity index (χ0n) is 13.7. The fourth-order valence-corrected chi connectivity index (χ4v) is 2.20. The van der Waals surface area contributed by atoms with E-state index in [-0.39, 0.29) is 0 Å². The molecule has 2 heterocycles. The third-order valence-electron chi connectivity index (χ3n) is 3.42. The SMILES string of the molecule is c1cc(-c2ccncc2)ccn1.c1ccc(Oc2ccccc2)cc1. The highest BCUT2D eigenvalue weighted by atomic mass is 16.5. The van der Waals surface area contributed by atoms with Gasteiger partial charge in [-0.15, -0.1) is 0 Å². The molecule has 0 radical (unpaired) electrons. The minimum atomic E-state index is 0.869. The van der Waals surface area contributed by atoms with Gasteiger partial charge in [0, 0.05) is 24.8 Å². The fraction of sp³-hybridized carbons (Fsp3) is 0. The van der Waals surface area contributed by atoms with Gasteiger partial charge < -0.3 is 4.74 Å². The Morgan fingerprint density at radius 3 is 1.16 bits per heavy atom. The summed E-state index contributed by atoms with van der Waals surface area (Å²) in [6.07, 6.45) is 7.15. The average Bonchev–Trinajstić information content (AvgIpc) is 2.71. The Bertz CT molecular complexity index is 776. The summed E-state index contributed by atoms with van der Waals surface area (Å²) in [7, 11) is 0. The van der Waals surface area contributed by atoms with Crippen LogP contribution >= 0.6 is 0 Å². The first-order valence-electron chi connectivity index (χ1n) is 8.00. The molecule has 0 atom stereocenters. The van der Waals surface area contributed by atoms with Gasteiger partial charge in [0.15, 0.2) is 0 Å². The van der Waals surface area contributed by atoms with Crippen molar-refractivity contribution in [2.75, 3.05) is 0 Å². The van der Waals surface area contributed by atoms with E-state index in [1.807, 2.05) is 84.9 Å². The lowest BCUT2D eigenvalue weighted by molar-refractivity contribution is 0.482. The molecule has 0 amide bonds. The van der Waals surface area contributed by atoms with Crippen molar-refractivity contribution in [2.45, 2.75) is 0 Å². The number of benzene rings is 2. The predicted molar refractivity (Wildman–Crippen MR) is 100 cm³/mol. The van der Waals surface area contributed by atoms with E-state index < -0.39 is 0 Å². The van der Waals surface area contributed by atoms with Gasteiger partial charge in [-0.2, -0.15) is 0 Å². The Kier molecular flexibility index (Phi) is 5.90. The lowest BCUT2D eigenvalue weighted by Gasteiger charge is -2.03. The van der Waals surface area contributed by atoms with Crippen LogP contribution in [0.1, 0.15) is 0 Å². The minimum absolute atomic E-state index is 0.869. The van der Waals surface area contributed by atoms with Gasteiger partial charge in [0.05, 0.1) is 0 Å². The van der Waals surface area contributed by atoms with Crippen molar-refractivity contribution in [1.82, 2.24) is 9.97 Å². The standard InChI is InChI=1S/C12H10O.C10H8N2/c1-3-7-11(8-4-1)13-12-9-5-2-6-10-12;1-5-11-6-2-9(1)10-3-7-12-8-4-10/h1-10H;1-8H. The van der Waals surface area contributed by atoms with E-state index in [0.717, 1.165) is 11.5 Å². The molecule has 2 aromatic carbocycles. The van der Waals surface area contributed by atoms with Crippen LogP contribution in [0.15, 0.2) is 110 Å². The van der Waals surface area contributed by atoms with Gasteiger partial charge in [-0.25, -0.2) is 0 Å². The Hall–Kier alpha value is -3.46. The van der Waals surface area contributed by atoms with E-state index >= 15 is 0 Å². The van der Waals surface area contributed by atoms with Gasteiger partial charge >= 0.3 is 0 Å². The van der Waals surface area contributed by atoms with Crippen molar-refractivity contribution in [2.24, 2.45) is 0 Å². The molecule has 25 heavy (non-hydrogen) atoms. The van der Waals surface area contributed by atoms with Crippen LogP contribution in [0.5, 0.6) is 11.5 Å². The quantitative estimate of drug-likeness (QED) is 0.490. The number of hydrogen-bond donors (Lipinski definition) is 0. The second-order valence-corrected chi connectivity index (χ2v) is 5.20. The summed E-state index contributed by atoms with van der Waals surface area (Å²) in [6, 6.07) is 27.4. The van der Waals surface area contributed by atoms with Gasteiger partial charge in [0.1, 0.15) is 11.5 Å². The normalized spacial score (nSPS) is 9.60. The maximum atomic E-state index is 5.58. The Balaban J connectivity index is 0.000000146. The first-order valence-corrected chi connectivity index (χ1v) is 8.00. The van der Waals surface area contributed by atoms with Crippen LogP contribution in [-0.2, 0) is 0 Å². The molecule has 4 rings (SSSR count). The molecule has 3 nitrogen and oxygen atoms in total. The highest BCUT2D eigenvalue weighted by Crippen LogP contribution is 2.19. The average molecular weight is 326 g/mol. The molecule has 0 spiro atoms. The van der Waals surface area contributed by atoms with E-state index in [0.29, 0.717) is 0 Å². The van der Waals surface area contributed by atoms with Crippen molar-refractivity contribution in [3.05, 3.63) is 110 Å². The van der Waals surface area contributed by atoms with Crippen molar-refractivity contribution >= 4 is 0 Å². The van der Waals surface area contributed by atoms with Crippen molar-refractivity contribution in [3.63, 3.8) is 0 Å². The Labute approximate surface area is 147 Å². The van der Waals surface area contributed by atoms with Crippen LogP contribution in [-0.4, -0.2) is 9.97 Å². The Morgan fingerprint density at radius 1 is 0.440 bits per heavy atom. The summed E-state index contributed by atoms with van der Waals surface area (Å²) in [4.78, 5) is 7.91. The minimum Gasteiger partial charge on any atom is -0.457 e. The molecule has 0 bridgehead atoms. The van der Waals surface area contributed by atoms with E-state index in [1.165, 1.54) is 11.1 Å². The van der Waals surface area contributed by atoms with E-state index in [4.69, 9.17) is 4.74 Å². The largest absolute Gasteiger partial charge is 0.457 e. The third kappa shape index (κ3) is 5.29. The number of para-hydroxylation sites is 2. The molecule has 0 aliphatic rings. The fourth-order valence-electron chi connectivity index (χ4n) is 2.20. The predicted octanol–water partition coefficient (Wildman–Crippen LogP) is 5.62. The first-order chi connectivity index (χ1) is 12.4. The molecule has 0 fully saturated rings. The summed E-state index contributed by atoms with van der Waals surface area (Å²) < 4.78 is 5.58. The smallest absolute Gasteiger partial charge is 0.127 e. The number of aromatic nitrogens is 2. The summed E-state index contributed by atoms with van der Waals surface area (Å²) in [5.74, 6) is 1.74. The molecule has 3 heteroatoms. The van der Waals surface area contributed by atoms with Crippen molar-refractivity contribution < 1.29 is 4.74 Å². The second kappa shape index (κ2) is 8.99. The van der Waals surface area contributed by atoms with Gasteiger partial charge in [0.25, 0.3) is 0 Å². The summed E-state index contributed by atoms with van der Waals surface area (Å²) >= 11 is 0. The topological polar surface area (TPSA) is 35.0 Å². The van der Waals surface area contributed by atoms with Crippen molar-refractivity contribution in [1.29, 1.82) is 0 Å². The number of ether oxygens (including phenoxy) is 1. The Morgan fingerprint density at radius 2 is 0.800 bits per heavy atom. The lowest BCUT2D eigenvalue weighted by atomic mass is 10.1.